The molecular formula is C15H22N2O2. The van der Waals surface area contributed by atoms with Gasteiger partial charge in [-0.2, -0.15) is 0 Å². The summed E-state index contributed by atoms with van der Waals surface area (Å²) >= 11 is 0. The highest BCUT2D eigenvalue weighted by molar-refractivity contribution is 5.16. The second kappa shape index (κ2) is 4.17. The van der Waals surface area contributed by atoms with Crippen molar-refractivity contribution < 1.29 is 9.84 Å². The number of aliphatic hydroxyl groups excluding tert-OH is 1. The van der Waals surface area contributed by atoms with Gasteiger partial charge in [-0.3, -0.25) is 0 Å². The van der Waals surface area contributed by atoms with E-state index in [0.29, 0.717) is 17.0 Å². The fraction of sp³-hybridized carbons (Fsp3) is 0.733. The van der Waals surface area contributed by atoms with E-state index in [1.54, 1.807) is 12.1 Å². The average molecular weight is 262 g/mol. The zero-order valence-electron chi connectivity index (χ0n) is 11.9. The molecule has 1 heterocycles. The first kappa shape index (κ1) is 12.9. The lowest BCUT2D eigenvalue weighted by Crippen LogP contribution is -2.39. The zero-order chi connectivity index (χ0) is 13.7. The quantitative estimate of drug-likeness (QED) is 0.909. The Bertz CT molecular complexity index is 472. The van der Waals surface area contributed by atoms with E-state index in [-0.39, 0.29) is 18.1 Å². The maximum absolute atomic E-state index is 8.96. The molecule has 3 atom stereocenters. The van der Waals surface area contributed by atoms with Gasteiger partial charge in [-0.1, -0.05) is 20.8 Å². The fourth-order valence-corrected chi connectivity index (χ4v) is 3.95. The highest BCUT2D eigenvalue weighted by Gasteiger charge is 2.62. The van der Waals surface area contributed by atoms with Gasteiger partial charge in [0.25, 0.3) is 0 Å². The van der Waals surface area contributed by atoms with Crippen LogP contribution >= 0.6 is 0 Å². The van der Waals surface area contributed by atoms with Crippen molar-refractivity contribution in [1.82, 2.24) is 10.2 Å². The van der Waals surface area contributed by atoms with Crippen molar-refractivity contribution in [3.05, 3.63) is 17.8 Å². The van der Waals surface area contributed by atoms with Crippen molar-refractivity contribution in [3.8, 4) is 5.88 Å². The fourth-order valence-electron chi connectivity index (χ4n) is 3.95. The summed E-state index contributed by atoms with van der Waals surface area (Å²) in [5, 5.41) is 16.9. The molecule has 2 saturated carbocycles. The van der Waals surface area contributed by atoms with E-state index in [1.165, 1.54) is 12.8 Å². The molecule has 4 heteroatoms. The number of hydrogen-bond donors (Lipinski definition) is 1. The van der Waals surface area contributed by atoms with Crippen LogP contribution in [0, 0.1) is 16.7 Å². The lowest BCUT2D eigenvalue weighted by molar-refractivity contribution is 0.0266. The molecule has 0 aliphatic heterocycles. The smallest absolute Gasteiger partial charge is 0.233 e. The van der Waals surface area contributed by atoms with Crippen molar-refractivity contribution >= 4 is 0 Å². The van der Waals surface area contributed by atoms with Gasteiger partial charge < -0.3 is 9.84 Å². The van der Waals surface area contributed by atoms with Gasteiger partial charge in [0, 0.05) is 11.5 Å². The summed E-state index contributed by atoms with van der Waals surface area (Å²) in [5.74, 6) is 1.33. The Morgan fingerprint density at radius 2 is 2.11 bits per heavy atom. The molecular weight excluding hydrogens is 240 g/mol. The minimum absolute atomic E-state index is 0.0798. The number of hydrogen-bond acceptors (Lipinski definition) is 4. The van der Waals surface area contributed by atoms with Crippen LogP contribution in [0.2, 0.25) is 0 Å². The Hall–Kier alpha value is -1.16. The van der Waals surface area contributed by atoms with Gasteiger partial charge in [0.05, 0.1) is 12.3 Å². The summed E-state index contributed by atoms with van der Waals surface area (Å²) in [4.78, 5) is 0. The first-order valence-corrected chi connectivity index (χ1v) is 7.07. The van der Waals surface area contributed by atoms with E-state index in [4.69, 9.17) is 9.84 Å². The van der Waals surface area contributed by atoms with Crippen LogP contribution in [-0.4, -0.2) is 21.4 Å². The Morgan fingerprint density at radius 3 is 2.58 bits per heavy atom. The van der Waals surface area contributed by atoms with Gasteiger partial charge >= 0.3 is 0 Å². The van der Waals surface area contributed by atoms with E-state index in [9.17, 15) is 0 Å². The lowest BCUT2D eigenvalue weighted by atomic mass is 9.70. The van der Waals surface area contributed by atoms with E-state index >= 15 is 0 Å². The highest BCUT2D eigenvalue weighted by Crippen LogP contribution is 2.66. The summed E-state index contributed by atoms with van der Waals surface area (Å²) in [5.41, 5.74) is 1.15. The highest BCUT2D eigenvalue weighted by atomic mass is 16.5. The molecule has 3 rings (SSSR count). The van der Waals surface area contributed by atoms with Crippen molar-refractivity contribution in [3.63, 3.8) is 0 Å². The van der Waals surface area contributed by atoms with Crippen LogP contribution in [0.4, 0.5) is 0 Å². The maximum Gasteiger partial charge on any atom is 0.233 e. The minimum atomic E-state index is -0.0798. The third kappa shape index (κ3) is 1.76. The molecule has 104 valence electrons. The van der Waals surface area contributed by atoms with Gasteiger partial charge in [0.15, 0.2) is 0 Å². The van der Waals surface area contributed by atoms with Crippen LogP contribution < -0.4 is 4.74 Å². The molecule has 0 saturated heterocycles. The van der Waals surface area contributed by atoms with Crippen molar-refractivity contribution in [2.45, 2.75) is 52.7 Å². The van der Waals surface area contributed by atoms with Crippen molar-refractivity contribution in [1.29, 1.82) is 0 Å². The second-order valence-corrected chi connectivity index (χ2v) is 6.74. The number of rotatable bonds is 3. The molecule has 4 nitrogen and oxygen atoms in total. The predicted octanol–water partition coefficient (Wildman–Crippen LogP) is 2.56. The Morgan fingerprint density at radius 1 is 1.32 bits per heavy atom. The molecule has 1 aromatic rings. The summed E-state index contributed by atoms with van der Waals surface area (Å²) in [6, 6.07) is 3.57. The third-order valence-corrected chi connectivity index (χ3v) is 5.83. The van der Waals surface area contributed by atoms with E-state index in [1.807, 2.05) is 0 Å². The Kier molecular flexibility index (Phi) is 2.82. The molecule has 19 heavy (non-hydrogen) atoms. The number of aliphatic hydroxyl groups is 1. The number of nitrogens with zero attached hydrogens (tertiary/aromatic N) is 2. The molecule has 2 fully saturated rings. The van der Waals surface area contributed by atoms with E-state index in [0.717, 1.165) is 12.3 Å². The van der Waals surface area contributed by atoms with Crippen LogP contribution in [0.15, 0.2) is 12.1 Å². The predicted molar refractivity (Wildman–Crippen MR) is 71.6 cm³/mol. The van der Waals surface area contributed by atoms with Gasteiger partial charge in [-0.15, -0.1) is 10.2 Å². The zero-order valence-corrected chi connectivity index (χ0v) is 11.9. The van der Waals surface area contributed by atoms with Gasteiger partial charge in [0.1, 0.15) is 6.10 Å². The SMILES string of the molecule is CC1(C)C2CCC1(C)C(Oc1ccc(CO)nn1)C2. The van der Waals surface area contributed by atoms with Crippen LogP contribution in [0.1, 0.15) is 45.7 Å². The molecule has 0 spiro atoms. The molecule has 2 aliphatic carbocycles. The summed E-state index contributed by atoms with van der Waals surface area (Å²) in [6.07, 6.45) is 3.90. The van der Waals surface area contributed by atoms with Gasteiger partial charge in [-0.05, 0) is 36.7 Å². The van der Waals surface area contributed by atoms with E-state index < -0.39 is 0 Å². The van der Waals surface area contributed by atoms with Crippen LogP contribution in [0.3, 0.4) is 0 Å². The summed E-state index contributed by atoms with van der Waals surface area (Å²) < 4.78 is 6.09. The number of aromatic nitrogens is 2. The van der Waals surface area contributed by atoms with E-state index in [2.05, 4.69) is 31.0 Å². The monoisotopic (exact) mass is 262 g/mol. The van der Waals surface area contributed by atoms with Crippen LogP contribution in [-0.2, 0) is 6.61 Å². The topological polar surface area (TPSA) is 55.2 Å². The second-order valence-electron chi connectivity index (χ2n) is 6.74. The van der Waals surface area contributed by atoms with Gasteiger partial charge in [0.2, 0.25) is 5.88 Å². The number of fused-ring (bicyclic) bond motifs is 2. The summed E-state index contributed by atoms with van der Waals surface area (Å²) in [7, 11) is 0. The molecule has 0 amide bonds. The third-order valence-electron chi connectivity index (χ3n) is 5.83. The summed E-state index contributed by atoms with van der Waals surface area (Å²) in [6.45, 7) is 7.01. The molecule has 0 radical (unpaired) electrons. The standard InChI is InChI=1S/C15H22N2O2/c1-14(2)10-6-7-15(14,3)12(8-10)19-13-5-4-11(9-18)16-17-13/h4-5,10,12,18H,6-9H2,1-3H3. The average Bonchev–Trinajstić information content (AvgIpc) is 2.73. The lowest BCUT2D eigenvalue weighted by Gasteiger charge is -2.38. The van der Waals surface area contributed by atoms with Crippen LogP contribution in [0.5, 0.6) is 5.88 Å². The molecule has 0 aromatic carbocycles. The van der Waals surface area contributed by atoms with Crippen molar-refractivity contribution in [2.75, 3.05) is 0 Å². The van der Waals surface area contributed by atoms with Gasteiger partial charge in [-0.25, -0.2) is 0 Å². The molecule has 1 N–H and O–H groups in total. The minimum Gasteiger partial charge on any atom is -0.473 e. The molecule has 2 aliphatic rings. The maximum atomic E-state index is 8.96. The Balaban J connectivity index is 1.78. The first-order valence-electron chi connectivity index (χ1n) is 7.07. The normalized spacial score (nSPS) is 35.6. The largest absolute Gasteiger partial charge is 0.473 e. The molecule has 2 bridgehead atoms. The molecule has 3 unspecified atom stereocenters. The number of ether oxygens (including phenoxy) is 1. The van der Waals surface area contributed by atoms with Crippen LogP contribution in [0.25, 0.3) is 0 Å². The molecule has 1 aromatic heterocycles. The van der Waals surface area contributed by atoms with Crippen molar-refractivity contribution in [2.24, 2.45) is 16.7 Å². The first-order chi connectivity index (χ1) is 8.97. The Labute approximate surface area is 114 Å².